The summed E-state index contributed by atoms with van der Waals surface area (Å²) < 4.78 is 35.3. The average molecular weight is 517 g/mol. The second kappa shape index (κ2) is 10.5. The lowest BCUT2D eigenvalue weighted by atomic mass is 10.0. The van der Waals surface area contributed by atoms with E-state index in [9.17, 15) is 13.2 Å². The van der Waals surface area contributed by atoms with Gasteiger partial charge in [0.1, 0.15) is 11.8 Å². The van der Waals surface area contributed by atoms with E-state index < -0.39 is 16.1 Å². The maximum Gasteiger partial charge on any atom is 0.241 e. The van der Waals surface area contributed by atoms with Crippen LogP contribution in [0.3, 0.4) is 0 Å². The molecule has 3 aromatic rings. The van der Waals surface area contributed by atoms with Gasteiger partial charge in [-0.25, -0.2) is 13.4 Å². The van der Waals surface area contributed by atoms with E-state index >= 15 is 0 Å². The Labute approximate surface area is 211 Å². The van der Waals surface area contributed by atoms with Crippen molar-refractivity contribution in [3.05, 3.63) is 47.5 Å². The first-order valence-corrected chi connectivity index (χ1v) is 14.0. The van der Waals surface area contributed by atoms with E-state index in [-0.39, 0.29) is 16.7 Å². The summed E-state index contributed by atoms with van der Waals surface area (Å²) in [4.78, 5) is 22.0. The number of benzene rings is 2. The fraction of sp³-hybridized carbons (Fsp3) is 0.440. The molecule has 0 bridgehead atoms. The number of piperazine rings is 1. The molecule has 1 aromatic heterocycles. The zero-order valence-electron chi connectivity index (χ0n) is 20.5. The van der Waals surface area contributed by atoms with Gasteiger partial charge >= 0.3 is 0 Å². The SMILES string of the molecule is COc1cccc(N2CCN(C(=O)[C@@H](CC(C)C)NS(=O)(=O)c3ccc4nc(C)sc4c3)CC2)c1. The number of carbonyl (C=O) groups excluding carboxylic acids is 1. The lowest BCUT2D eigenvalue weighted by Gasteiger charge is -2.38. The summed E-state index contributed by atoms with van der Waals surface area (Å²) in [5.41, 5.74) is 1.82. The van der Waals surface area contributed by atoms with E-state index in [0.29, 0.717) is 32.6 Å². The summed E-state index contributed by atoms with van der Waals surface area (Å²) in [6.45, 7) is 8.26. The van der Waals surface area contributed by atoms with Crippen molar-refractivity contribution in [3.8, 4) is 5.75 Å². The molecule has 1 saturated heterocycles. The van der Waals surface area contributed by atoms with Crippen LogP contribution in [0.5, 0.6) is 5.75 Å². The summed E-state index contributed by atoms with van der Waals surface area (Å²) in [7, 11) is -2.23. The molecule has 188 valence electrons. The van der Waals surface area contributed by atoms with Gasteiger partial charge in [0.25, 0.3) is 0 Å². The van der Waals surface area contributed by atoms with Gasteiger partial charge in [-0.2, -0.15) is 4.72 Å². The molecule has 0 aliphatic carbocycles. The normalized spacial score (nSPS) is 15.6. The maximum atomic E-state index is 13.5. The number of amides is 1. The van der Waals surface area contributed by atoms with Crippen molar-refractivity contribution in [2.75, 3.05) is 38.2 Å². The fourth-order valence-electron chi connectivity index (χ4n) is 4.33. The minimum absolute atomic E-state index is 0.149. The molecule has 1 aliphatic rings. The highest BCUT2D eigenvalue weighted by Crippen LogP contribution is 2.26. The van der Waals surface area contributed by atoms with Crippen LogP contribution in [-0.4, -0.2) is 63.5 Å². The summed E-state index contributed by atoms with van der Waals surface area (Å²) >= 11 is 1.45. The van der Waals surface area contributed by atoms with Crippen LogP contribution >= 0.6 is 11.3 Å². The molecule has 1 aliphatic heterocycles. The quantitative estimate of drug-likeness (QED) is 0.491. The van der Waals surface area contributed by atoms with Crippen LogP contribution in [0.15, 0.2) is 47.4 Å². The monoisotopic (exact) mass is 516 g/mol. The highest BCUT2D eigenvalue weighted by molar-refractivity contribution is 7.89. The van der Waals surface area contributed by atoms with Crippen LogP contribution in [0, 0.1) is 12.8 Å². The highest BCUT2D eigenvalue weighted by Gasteiger charge is 2.32. The van der Waals surface area contributed by atoms with E-state index in [1.165, 1.54) is 11.3 Å². The lowest BCUT2D eigenvalue weighted by Crippen LogP contribution is -2.55. The van der Waals surface area contributed by atoms with Gasteiger partial charge in [-0.15, -0.1) is 11.3 Å². The molecule has 1 fully saturated rings. The van der Waals surface area contributed by atoms with E-state index in [1.807, 2.05) is 45.0 Å². The largest absolute Gasteiger partial charge is 0.497 e. The number of rotatable bonds is 8. The van der Waals surface area contributed by atoms with Gasteiger partial charge in [-0.3, -0.25) is 4.79 Å². The predicted molar refractivity (Wildman–Crippen MR) is 140 cm³/mol. The number of ether oxygens (including phenoxy) is 1. The minimum atomic E-state index is -3.88. The molecule has 2 heterocycles. The van der Waals surface area contributed by atoms with Crippen LogP contribution in [0.4, 0.5) is 5.69 Å². The van der Waals surface area contributed by atoms with Crippen molar-refractivity contribution in [2.45, 2.75) is 38.1 Å². The standard InChI is InChI=1S/C25H32N4O4S2/c1-17(2)14-23(27-35(31,32)21-8-9-22-24(16-21)34-18(3)26-22)25(30)29-12-10-28(11-13-29)19-6-5-7-20(15-19)33-4/h5-9,15-17,23,27H,10-14H2,1-4H3/t23-/m1/s1. The molecule has 35 heavy (non-hydrogen) atoms. The number of aromatic nitrogens is 1. The van der Waals surface area contributed by atoms with Crippen LogP contribution in [0.2, 0.25) is 0 Å². The Balaban J connectivity index is 1.47. The van der Waals surface area contributed by atoms with Crippen molar-refractivity contribution in [3.63, 3.8) is 0 Å². The Hall–Kier alpha value is -2.69. The number of nitrogens with one attached hydrogen (secondary N) is 1. The zero-order valence-corrected chi connectivity index (χ0v) is 22.2. The Morgan fingerprint density at radius 3 is 2.57 bits per heavy atom. The molecule has 1 amide bonds. The predicted octanol–water partition coefficient (Wildman–Crippen LogP) is 3.66. The first kappa shape index (κ1) is 25.4. The summed E-state index contributed by atoms with van der Waals surface area (Å²) in [6, 6.07) is 11.9. The van der Waals surface area contributed by atoms with Crippen LogP contribution in [0.25, 0.3) is 10.2 Å². The van der Waals surface area contributed by atoms with Gasteiger partial charge in [0, 0.05) is 37.9 Å². The number of hydrogen-bond acceptors (Lipinski definition) is 7. The number of anilines is 1. The minimum Gasteiger partial charge on any atom is -0.497 e. The lowest BCUT2D eigenvalue weighted by molar-refractivity contribution is -0.133. The first-order valence-electron chi connectivity index (χ1n) is 11.7. The highest BCUT2D eigenvalue weighted by atomic mass is 32.2. The number of sulfonamides is 1. The van der Waals surface area contributed by atoms with Gasteiger partial charge in [0.05, 0.1) is 27.2 Å². The van der Waals surface area contributed by atoms with E-state index in [4.69, 9.17) is 4.74 Å². The Bertz CT molecular complexity index is 1300. The maximum absolute atomic E-state index is 13.5. The number of thiazole rings is 1. The third-order valence-corrected chi connectivity index (χ3v) is 8.49. The molecule has 0 spiro atoms. The average Bonchev–Trinajstić information content (AvgIpc) is 3.22. The van der Waals surface area contributed by atoms with E-state index in [0.717, 1.165) is 26.7 Å². The van der Waals surface area contributed by atoms with Gasteiger partial charge in [0.2, 0.25) is 15.9 Å². The molecule has 0 unspecified atom stereocenters. The Kier molecular flexibility index (Phi) is 7.63. The molecular weight excluding hydrogens is 484 g/mol. The molecule has 0 saturated carbocycles. The third-order valence-electron chi connectivity index (χ3n) is 6.09. The molecule has 10 heteroatoms. The van der Waals surface area contributed by atoms with E-state index in [2.05, 4.69) is 14.6 Å². The Morgan fingerprint density at radius 2 is 1.89 bits per heavy atom. The van der Waals surface area contributed by atoms with Crippen molar-refractivity contribution in [1.29, 1.82) is 0 Å². The van der Waals surface area contributed by atoms with Gasteiger partial charge < -0.3 is 14.5 Å². The van der Waals surface area contributed by atoms with Crippen LogP contribution in [-0.2, 0) is 14.8 Å². The number of hydrogen-bond donors (Lipinski definition) is 1. The summed E-state index contributed by atoms with van der Waals surface area (Å²) in [5, 5.41) is 0.878. The second-order valence-corrected chi connectivity index (χ2v) is 12.1. The molecule has 0 radical (unpaired) electrons. The van der Waals surface area contributed by atoms with E-state index in [1.54, 1.807) is 30.2 Å². The van der Waals surface area contributed by atoms with Crippen LogP contribution in [0.1, 0.15) is 25.3 Å². The number of carbonyl (C=O) groups is 1. The van der Waals surface area contributed by atoms with Crippen molar-refractivity contribution in [1.82, 2.24) is 14.6 Å². The molecule has 8 nitrogen and oxygen atoms in total. The van der Waals surface area contributed by atoms with Crippen LogP contribution < -0.4 is 14.4 Å². The molecule has 4 rings (SSSR count). The van der Waals surface area contributed by atoms with Gasteiger partial charge in [-0.05, 0) is 49.6 Å². The third kappa shape index (κ3) is 5.94. The molecule has 2 aromatic carbocycles. The summed E-state index contributed by atoms with van der Waals surface area (Å²) in [6.07, 6.45) is 0.427. The topological polar surface area (TPSA) is 91.8 Å². The molecule has 1 atom stereocenters. The van der Waals surface area contributed by atoms with Gasteiger partial charge in [0.15, 0.2) is 0 Å². The Morgan fingerprint density at radius 1 is 1.14 bits per heavy atom. The second-order valence-electron chi connectivity index (χ2n) is 9.18. The number of nitrogens with zero attached hydrogens (tertiary/aromatic N) is 3. The fourth-order valence-corrected chi connectivity index (χ4v) is 6.49. The smallest absolute Gasteiger partial charge is 0.241 e. The van der Waals surface area contributed by atoms with Crippen molar-refractivity contribution < 1.29 is 17.9 Å². The zero-order chi connectivity index (χ0) is 25.2. The molecular formula is C25H32N4O4S2. The van der Waals surface area contributed by atoms with Gasteiger partial charge in [-0.1, -0.05) is 19.9 Å². The first-order chi connectivity index (χ1) is 16.7. The number of aryl methyl sites for hydroxylation is 1. The van der Waals surface area contributed by atoms with Crippen molar-refractivity contribution in [2.24, 2.45) is 5.92 Å². The summed E-state index contributed by atoms with van der Waals surface area (Å²) in [5.74, 6) is 0.762. The molecule has 1 N–H and O–H groups in total. The number of methoxy groups -OCH3 is 1. The number of fused-ring (bicyclic) bond motifs is 1. The van der Waals surface area contributed by atoms with Crippen molar-refractivity contribution >= 4 is 43.2 Å².